The van der Waals surface area contributed by atoms with Crippen LogP contribution in [0.1, 0.15) is 16.7 Å². The summed E-state index contributed by atoms with van der Waals surface area (Å²) >= 11 is 0. The van der Waals surface area contributed by atoms with Gasteiger partial charge in [-0.3, -0.25) is 9.67 Å². The molecule has 0 aliphatic carbocycles. The van der Waals surface area contributed by atoms with Crippen LogP contribution in [0.3, 0.4) is 0 Å². The third-order valence-electron chi connectivity index (χ3n) is 2.81. The maximum atomic E-state index is 4.15. The van der Waals surface area contributed by atoms with Crippen LogP contribution in [0.25, 0.3) is 0 Å². The Kier molecular flexibility index (Phi) is 3.88. The largest absolute Gasteiger partial charge is 0.312 e. The molecule has 2 aromatic heterocycles. The first kappa shape index (κ1) is 11.8. The van der Waals surface area contributed by atoms with Gasteiger partial charge >= 0.3 is 0 Å². The molecule has 0 aliphatic rings. The van der Waals surface area contributed by atoms with Gasteiger partial charge in [0.05, 0.1) is 6.20 Å². The van der Waals surface area contributed by atoms with Gasteiger partial charge in [-0.15, -0.1) is 0 Å². The molecule has 0 saturated carbocycles. The van der Waals surface area contributed by atoms with Crippen molar-refractivity contribution in [1.29, 1.82) is 0 Å². The van der Waals surface area contributed by atoms with Crippen LogP contribution in [-0.2, 0) is 20.0 Å². The lowest BCUT2D eigenvalue weighted by molar-refractivity contribution is 0.682. The summed E-state index contributed by atoms with van der Waals surface area (Å²) in [5.74, 6) is 0. The predicted molar refractivity (Wildman–Crippen MR) is 67.6 cm³/mol. The Hall–Kier alpha value is -1.68. The van der Waals surface area contributed by atoms with E-state index in [4.69, 9.17) is 0 Å². The van der Waals surface area contributed by atoms with E-state index in [0.717, 1.165) is 19.5 Å². The van der Waals surface area contributed by atoms with Gasteiger partial charge in [0.15, 0.2) is 0 Å². The molecular formula is C13H18N4. The summed E-state index contributed by atoms with van der Waals surface area (Å²) in [6, 6.07) is 2.04. The molecule has 0 aliphatic heterocycles. The van der Waals surface area contributed by atoms with Crippen molar-refractivity contribution >= 4 is 0 Å². The van der Waals surface area contributed by atoms with Crippen molar-refractivity contribution in [1.82, 2.24) is 20.1 Å². The fourth-order valence-corrected chi connectivity index (χ4v) is 1.74. The summed E-state index contributed by atoms with van der Waals surface area (Å²) < 4.78 is 1.83. The zero-order valence-corrected chi connectivity index (χ0v) is 10.3. The van der Waals surface area contributed by atoms with E-state index >= 15 is 0 Å². The Morgan fingerprint density at radius 2 is 2.24 bits per heavy atom. The predicted octanol–water partition coefficient (Wildman–Crippen LogP) is 1.46. The number of pyridine rings is 1. The van der Waals surface area contributed by atoms with Gasteiger partial charge in [0.2, 0.25) is 0 Å². The first-order valence-corrected chi connectivity index (χ1v) is 5.83. The van der Waals surface area contributed by atoms with Crippen molar-refractivity contribution in [3.05, 3.63) is 47.5 Å². The van der Waals surface area contributed by atoms with Crippen molar-refractivity contribution in [3.63, 3.8) is 0 Å². The summed E-state index contributed by atoms with van der Waals surface area (Å²) in [4.78, 5) is 4.13. The van der Waals surface area contributed by atoms with E-state index in [2.05, 4.69) is 28.5 Å². The minimum Gasteiger partial charge on any atom is -0.312 e. The first-order chi connectivity index (χ1) is 8.25. The quantitative estimate of drug-likeness (QED) is 0.791. The van der Waals surface area contributed by atoms with Crippen LogP contribution in [0.15, 0.2) is 30.9 Å². The SMILES string of the molecule is Cc1ccncc1CNCCc1cnn(C)c1. The molecule has 0 radical (unpaired) electrons. The van der Waals surface area contributed by atoms with Crippen LogP contribution < -0.4 is 5.32 Å². The van der Waals surface area contributed by atoms with E-state index in [1.807, 2.05) is 36.4 Å². The Labute approximate surface area is 102 Å². The number of nitrogens with zero attached hydrogens (tertiary/aromatic N) is 3. The van der Waals surface area contributed by atoms with E-state index in [-0.39, 0.29) is 0 Å². The molecule has 0 atom stereocenters. The highest BCUT2D eigenvalue weighted by atomic mass is 15.2. The molecule has 4 nitrogen and oxygen atoms in total. The molecule has 0 amide bonds. The zero-order valence-electron chi connectivity index (χ0n) is 10.3. The van der Waals surface area contributed by atoms with Crippen LogP contribution in [0.4, 0.5) is 0 Å². The fourth-order valence-electron chi connectivity index (χ4n) is 1.74. The fraction of sp³-hybridized carbons (Fsp3) is 0.385. The van der Waals surface area contributed by atoms with Gasteiger partial charge in [0.25, 0.3) is 0 Å². The number of nitrogens with one attached hydrogen (secondary N) is 1. The van der Waals surface area contributed by atoms with Crippen LogP contribution in [0, 0.1) is 6.92 Å². The number of hydrogen-bond acceptors (Lipinski definition) is 3. The summed E-state index contributed by atoms with van der Waals surface area (Å²) in [6.07, 6.45) is 8.72. The molecular weight excluding hydrogens is 212 g/mol. The Bertz CT molecular complexity index is 476. The number of aryl methyl sites for hydroxylation is 2. The van der Waals surface area contributed by atoms with Gasteiger partial charge in [0.1, 0.15) is 0 Å². The number of hydrogen-bond donors (Lipinski definition) is 1. The van der Waals surface area contributed by atoms with E-state index < -0.39 is 0 Å². The smallest absolute Gasteiger partial charge is 0.0522 e. The second-order valence-corrected chi connectivity index (χ2v) is 4.25. The highest BCUT2D eigenvalue weighted by Gasteiger charge is 1.98. The zero-order chi connectivity index (χ0) is 12.1. The number of rotatable bonds is 5. The van der Waals surface area contributed by atoms with E-state index in [1.165, 1.54) is 16.7 Å². The molecule has 0 aromatic carbocycles. The van der Waals surface area contributed by atoms with Crippen LogP contribution in [-0.4, -0.2) is 21.3 Å². The van der Waals surface area contributed by atoms with Crippen molar-refractivity contribution in [2.45, 2.75) is 19.9 Å². The lowest BCUT2D eigenvalue weighted by Crippen LogP contribution is -2.17. The van der Waals surface area contributed by atoms with Crippen LogP contribution in [0.2, 0.25) is 0 Å². The molecule has 1 N–H and O–H groups in total. The van der Waals surface area contributed by atoms with E-state index in [1.54, 1.807) is 0 Å². The molecule has 2 heterocycles. The van der Waals surface area contributed by atoms with Gasteiger partial charge in [-0.1, -0.05) is 0 Å². The van der Waals surface area contributed by atoms with Crippen molar-refractivity contribution in [3.8, 4) is 0 Å². The summed E-state index contributed by atoms with van der Waals surface area (Å²) in [6.45, 7) is 3.94. The van der Waals surface area contributed by atoms with Gasteiger partial charge in [-0.05, 0) is 42.6 Å². The topological polar surface area (TPSA) is 42.7 Å². The highest BCUT2D eigenvalue weighted by Crippen LogP contribution is 2.04. The molecule has 4 heteroatoms. The lowest BCUT2D eigenvalue weighted by Gasteiger charge is -2.06. The Balaban J connectivity index is 1.75. The molecule has 17 heavy (non-hydrogen) atoms. The monoisotopic (exact) mass is 230 g/mol. The molecule has 0 fully saturated rings. The normalized spacial score (nSPS) is 10.7. The standard InChI is InChI=1S/C13H18N4/c1-11-3-5-14-8-13(11)9-15-6-4-12-7-16-17(2)10-12/h3,5,7-8,10,15H,4,6,9H2,1-2H3. The highest BCUT2D eigenvalue weighted by molar-refractivity contribution is 5.21. The molecule has 0 unspecified atom stereocenters. The third kappa shape index (κ3) is 3.39. The average Bonchev–Trinajstić information content (AvgIpc) is 2.73. The minimum absolute atomic E-state index is 0.875. The van der Waals surface area contributed by atoms with E-state index in [9.17, 15) is 0 Å². The Morgan fingerprint density at radius 3 is 2.94 bits per heavy atom. The van der Waals surface area contributed by atoms with Crippen molar-refractivity contribution < 1.29 is 0 Å². The summed E-state index contributed by atoms with van der Waals surface area (Å²) in [5, 5.41) is 7.57. The van der Waals surface area contributed by atoms with Crippen molar-refractivity contribution in [2.24, 2.45) is 7.05 Å². The van der Waals surface area contributed by atoms with Gasteiger partial charge in [-0.25, -0.2) is 0 Å². The molecule has 0 saturated heterocycles. The van der Waals surface area contributed by atoms with Gasteiger partial charge in [-0.2, -0.15) is 5.10 Å². The summed E-state index contributed by atoms with van der Waals surface area (Å²) in [7, 11) is 1.94. The lowest BCUT2D eigenvalue weighted by atomic mass is 10.1. The first-order valence-electron chi connectivity index (χ1n) is 5.83. The van der Waals surface area contributed by atoms with Crippen LogP contribution in [0.5, 0.6) is 0 Å². The average molecular weight is 230 g/mol. The summed E-state index contributed by atoms with van der Waals surface area (Å²) in [5.41, 5.74) is 3.82. The molecule has 2 aromatic rings. The van der Waals surface area contributed by atoms with Gasteiger partial charge < -0.3 is 5.32 Å². The molecule has 0 spiro atoms. The van der Waals surface area contributed by atoms with E-state index in [0.29, 0.717) is 0 Å². The second-order valence-electron chi connectivity index (χ2n) is 4.25. The second kappa shape index (κ2) is 5.59. The van der Waals surface area contributed by atoms with Crippen molar-refractivity contribution in [2.75, 3.05) is 6.54 Å². The molecule has 90 valence electrons. The Morgan fingerprint density at radius 1 is 1.35 bits per heavy atom. The third-order valence-corrected chi connectivity index (χ3v) is 2.81. The van der Waals surface area contributed by atoms with Gasteiger partial charge in [0, 0.05) is 32.2 Å². The van der Waals surface area contributed by atoms with Crippen LogP contribution >= 0.6 is 0 Å². The number of aromatic nitrogens is 3. The molecule has 0 bridgehead atoms. The minimum atomic E-state index is 0.875. The maximum absolute atomic E-state index is 4.15. The maximum Gasteiger partial charge on any atom is 0.0522 e. The molecule has 2 rings (SSSR count).